The molecule has 1 aliphatic rings. The highest BCUT2D eigenvalue weighted by molar-refractivity contribution is 7.90. The Hall–Kier alpha value is -3.53. The lowest BCUT2D eigenvalue weighted by Crippen LogP contribution is -2.26. The second-order valence-electron chi connectivity index (χ2n) is 5.49. The Morgan fingerprint density at radius 3 is 2.30 bits per heavy atom. The molecule has 0 aliphatic carbocycles. The van der Waals surface area contributed by atoms with Crippen LogP contribution in [0.3, 0.4) is 0 Å². The van der Waals surface area contributed by atoms with Gasteiger partial charge in [-0.25, -0.2) is 4.39 Å². The summed E-state index contributed by atoms with van der Waals surface area (Å²) in [6.45, 7) is 0. The minimum atomic E-state index is -4.09. The van der Waals surface area contributed by atoms with Crippen LogP contribution in [-0.2, 0) is 14.8 Å². The third-order valence-electron chi connectivity index (χ3n) is 3.52. The smallest absolute Gasteiger partial charge is 0.285 e. The van der Waals surface area contributed by atoms with Gasteiger partial charge in [-0.3, -0.25) is 14.9 Å². The molecule has 1 saturated heterocycles. The molecule has 8 nitrogen and oxygen atoms in total. The quantitative estimate of drug-likeness (QED) is 0.406. The molecule has 1 fully saturated rings. The molecule has 0 aromatic heterocycles. The van der Waals surface area contributed by atoms with Crippen molar-refractivity contribution in [2.45, 2.75) is 4.90 Å². The molecule has 0 spiro atoms. The standard InChI is InChI=1S/C17H13FN4O4S/c18-11-3-1-10(2-4-11)15(23)9-14-16(24)21-17(20-14)22-27(25,26)13-7-5-12(19)6-8-13/h1-9H,19H2,(H2,20,21,22,24). The molecule has 138 valence electrons. The molecule has 0 atom stereocenters. The third-order valence-corrected chi connectivity index (χ3v) is 4.81. The number of nitrogen functional groups attached to an aromatic ring is 1. The lowest BCUT2D eigenvalue weighted by molar-refractivity contribution is -0.115. The number of nitrogens with zero attached hydrogens (tertiary/aromatic N) is 1. The monoisotopic (exact) mass is 388 g/mol. The summed E-state index contributed by atoms with van der Waals surface area (Å²) < 4.78 is 40.9. The number of benzene rings is 2. The van der Waals surface area contributed by atoms with Crippen LogP contribution in [0.2, 0.25) is 0 Å². The maximum atomic E-state index is 12.9. The first-order chi connectivity index (χ1) is 12.7. The Morgan fingerprint density at radius 2 is 1.67 bits per heavy atom. The minimum absolute atomic E-state index is 0.111. The average molecular weight is 388 g/mol. The number of nitrogens with one attached hydrogen (secondary N) is 2. The summed E-state index contributed by atoms with van der Waals surface area (Å²) in [7, 11) is -4.09. The molecule has 0 radical (unpaired) electrons. The van der Waals surface area contributed by atoms with E-state index in [0.717, 1.165) is 18.2 Å². The zero-order valence-corrected chi connectivity index (χ0v) is 14.5. The van der Waals surface area contributed by atoms with E-state index in [-0.39, 0.29) is 22.1 Å². The topological polar surface area (TPSA) is 131 Å². The molecule has 3 rings (SSSR count). The number of ketones is 1. The molecule has 0 unspecified atom stereocenters. The number of rotatable bonds is 4. The number of sulfonamides is 1. The van der Waals surface area contributed by atoms with Crippen molar-refractivity contribution in [2.24, 2.45) is 4.40 Å². The van der Waals surface area contributed by atoms with Crippen molar-refractivity contribution in [3.63, 3.8) is 0 Å². The van der Waals surface area contributed by atoms with Gasteiger partial charge in [-0.1, -0.05) is 0 Å². The third kappa shape index (κ3) is 4.18. The summed E-state index contributed by atoms with van der Waals surface area (Å²) in [5, 5.41) is 4.66. The van der Waals surface area contributed by atoms with E-state index in [4.69, 9.17) is 5.73 Å². The number of allylic oxidation sites excluding steroid dienone is 1. The van der Waals surface area contributed by atoms with Gasteiger partial charge in [-0.05, 0) is 48.5 Å². The molecule has 2 aromatic carbocycles. The van der Waals surface area contributed by atoms with Gasteiger partial charge in [0.15, 0.2) is 5.78 Å². The normalized spacial score (nSPS) is 17.0. The molecule has 4 N–H and O–H groups in total. The zero-order chi connectivity index (χ0) is 19.6. The van der Waals surface area contributed by atoms with Gasteiger partial charge < -0.3 is 11.1 Å². The van der Waals surface area contributed by atoms with Gasteiger partial charge in [0.2, 0.25) is 5.96 Å². The zero-order valence-electron chi connectivity index (χ0n) is 13.6. The van der Waals surface area contributed by atoms with Crippen LogP contribution in [0, 0.1) is 5.82 Å². The van der Waals surface area contributed by atoms with Crippen LogP contribution in [0.25, 0.3) is 0 Å². The number of nitrogens with two attached hydrogens (primary N) is 1. The number of halogens is 1. The van der Waals surface area contributed by atoms with Crippen molar-refractivity contribution >= 4 is 33.4 Å². The first-order valence-corrected chi connectivity index (χ1v) is 8.99. The van der Waals surface area contributed by atoms with Gasteiger partial charge in [0.05, 0.1) is 4.90 Å². The number of amides is 1. The summed E-state index contributed by atoms with van der Waals surface area (Å²) in [5.74, 6) is -2.12. The molecule has 0 bridgehead atoms. The largest absolute Gasteiger partial charge is 0.399 e. The number of hydrogen-bond donors (Lipinski definition) is 3. The summed E-state index contributed by atoms with van der Waals surface area (Å²) in [6.07, 6.45) is 0.973. The molecule has 27 heavy (non-hydrogen) atoms. The Morgan fingerprint density at radius 1 is 1.04 bits per heavy atom. The van der Waals surface area contributed by atoms with Gasteiger partial charge in [0.1, 0.15) is 11.5 Å². The number of hydrogen-bond acceptors (Lipinski definition) is 5. The van der Waals surface area contributed by atoms with Gasteiger partial charge >= 0.3 is 0 Å². The fourth-order valence-electron chi connectivity index (χ4n) is 2.18. The van der Waals surface area contributed by atoms with Crippen LogP contribution in [0.5, 0.6) is 0 Å². The average Bonchev–Trinajstić information content (AvgIpc) is 2.94. The lowest BCUT2D eigenvalue weighted by atomic mass is 10.1. The maximum Gasteiger partial charge on any atom is 0.285 e. The van der Waals surface area contributed by atoms with Gasteiger partial charge in [0.25, 0.3) is 15.9 Å². The summed E-state index contributed by atoms with van der Waals surface area (Å²) >= 11 is 0. The van der Waals surface area contributed by atoms with E-state index in [9.17, 15) is 22.4 Å². The number of carbonyl (C=O) groups is 2. The number of carbonyl (C=O) groups excluding carboxylic acids is 2. The Bertz CT molecular complexity index is 1070. The van der Waals surface area contributed by atoms with Crippen LogP contribution in [-0.4, -0.2) is 26.1 Å². The fraction of sp³-hybridized carbons (Fsp3) is 0. The molecular weight excluding hydrogens is 375 g/mol. The van der Waals surface area contributed by atoms with Crippen LogP contribution in [0.1, 0.15) is 10.4 Å². The van der Waals surface area contributed by atoms with Gasteiger partial charge in [-0.2, -0.15) is 8.42 Å². The van der Waals surface area contributed by atoms with Crippen molar-refractivity contribution in [1.82, 2.24) is 10.6 Å². The predicted molar refractivity (Wildman–Crippen MR) is 95.6 cm³/mol. The first-order valence-electron chi connectivity index (χ1n) is 7.55. The molecule has 2 aromatic rings. The molecule has 10 heteroatoms. The Balaban J connectivity index is 1.82. The van der Waals surface area contributed by atoms with E-state index in [1.807, 2.05) is 0 Å². The summed E-state index contributed by atoms with van der Waals surface area (Å²) in [6, 6.07) is 10.1. The van der Waals surface area contributed by atoms with E-state index in [0.29, 0.717) is 5.69 Å². The SMILES string of the molecule is Nc1ccc(S(=O)(=O)/N=C2/NC(=O)C(=CC(=O)c3ccc(F)cc3)N2)cc1. The van der Waals surface area contributed by atoms with E-state index >= 15 is 0 Å². The van der Waals surface area contributed by atoms with Gasteiger partial charge in [-0.15, -0.1) is 4.40 Å². The fourth-order valence-corrected chi connectivity index (χ4v) is 3.10. The van der Waals surface area contributed by atoms with Crippen molar-refractivity contribution in [3.8, 4) is 0 Å². The molecular formula is C17H13FN4O4S. The van der Waals surface area contributed by atoms with Crippen LogP contribution in [0.4, 0.5) is 10.1 Å². The molecule has 1 aliphatic heterocycles. The van der Waals surface area contributed by atoms with Crippen molar-refractivity contribution in [3.05, 3.63) is 71.7 Å². The highest BCUT2D eigenvalue weighted by Gasteiger charge is 2.25. The molecule has 1 heterocycles. The number of guanidine groups is 1. The Kier molecular flexibility index (Phi) is 4.74. The minimum Gasteiger partial charge on any atom is -0.399 e. The van der Waals surface area contributed by atoms with Crippen LogP contribution >= 0.6 is 0 Å². The Labute approximate surface area is 153 Å². The van der Waals surface area contributed by atoms with Crippen molar-refractivity contribution in [2.75, 3.05) is 5.73 Å². The highest BCUT2D eigenvalue weighted by atomic mass is 32.2. The van der Waals surface area contributed by atoms with Crippen LogP contribution < -0.4 is 16.4 Å². The summed E-state index contributed by atoms with van der Waals surface area (Å²) in [4.78, 5) is 23.9. The second-order valence-corrected chi connectivity index (χ2v) is 7.10. The summed E-state index contributed by atoms with van der Waals surface area (Å²) in [5.41, 5.74) is 5.88. The maximum absolute atomic E-state index is 12.9. The lowest BCUT2D eigenvalue weighted by Gasteiger charge is -2.01. The first kappa shape index (κ1) is 18.3. The van der Waals surface area contributed by atoms with E-state index < -0.39 is 27.5 Å². The highest BCUT2D eigenvalue weighted by Crippen LogP contribution is 2.15. The van der Waals surface area contributed by atoms with Crippen molar-refractivity contribution in [1.29, 1.82) is 0 Å². The number of anilines is 1. The van der Waals surface area contributed by atoms with Gasteiger partial charge in [0, 0.05) is 17.3 Å². The van der Waals surface area contributed by atoms with E-state index in [1.54, 1.807) is 0 Å². The molecule has 0 saturated carbocycles. The van der Waals surface area contributed by atoms with E-state index in [1.165, 1.54) is 36.4 Å². The van der Waals surface area contributed by atoms with E-state index in [2.05, 4.69) is 15.0 Å². The molecule has 1 amide bonds. The van der Waals surface area contributed by atoms with Crippen molar-refractivity contribution < 1.29 is 22.4 Å². The van der Waals surface area contributed by atoms with Crippen LogP contribution in [0.15, 0.2) is 69.6 Å². The predicted octanol–water partition coefficient (Wildman–Crippen LogP) is 0.939. The second kappa shape index (κ2) is 7.00.